The summed E-state index contributed by atoms with van der Waals surface area (Å²) < 4.78 is 22.5. The molecule has 2 atom stereocenters. The molecule has 0 N–H and O–H groups in total. The molecule has 7 nitrogen and oxygen atoms in total. The zero-order chi connectivity index (χ0) is 20.9. The van der Waals surface area contributed by atoms with Crippen LogP contribution >= 0.6 is 11.6 Å². The molecule has 1 aromatic carbocycles. The minimum absolute atomic E-state index is 0.0977. The summed E-state index contributed by atoms with van der Waals surface area (Å²) in [5.41, 5.74) is -0.825. The van der Waals surface area contributed by atoms with Gasteiger partial charge in [-0.1, -0.05) is 18.5 Å². The number of likely N-dealkylation sites (N-methyl/N-ethyl adjacent to an activating group) is 1. The summed E-state index contributed by atoms with van der Waals surface area (Å²) in [6, 6.07) is 5.02. The van der Waals surface area contributed by atoms with Crippen LogP contribution in [0.15, 0.2) is 40.7 Å². The number of ether oxygens (including phenoxy) is 3. The quantitative estimate of drug-likeness (QED) is 0.746. The van der Waals surface area contributed by atoms with Gasteiger partial charge in [-0.05, 0) is 6.07 Å². The Morgan fingerprint density at radius 2 is 1.97 bits per heavy atom. The van der Waals surface area contributed by atoms with E-state index in [1.54, 1.807) is 30.1 Å². The Bertz CT molecular complexity index is 1030. The molecule has 1 spiro atoms. The van der Waals surface area contributed by atoms with Gasteiger partial charge in [-0.15, -0.1) is 0 Å². The van der Waals surface area contributed by atoms with E-state index < -0.39 is 11.5 Å². The van der Waals surface area contributed by atoms with E-state index in [1.807, 2.05) is 6.92 Å². The van der Waals surface area contributed by atoms with Crippen LogP contribution in [0.4, 0.5) is 5.88 Å². The maximum absolute atomic E-state index is 13.8. The van der Waals surface area contributed by atoms with E-state index in [0.717, 1.165) is 0 Å². The van der Waals surface area contributed by atoms with Crippen LogP contribution in [0.5, 0.6) is 17.2 Å². The molecule has 1 aliphatic heterocycles. The van der Waals surface area contributed by atoms with Crippen LogP contribution in [0, 0.1) is 5.92 Å². The van der Waals surface area contributed by atoms with Crippen molar-refractivity contribution in [3.8, 4) is 17.2 Å². The minimum atomic E-state index is -1.44. The predicted octanol–water partition coefficient (Wildman–Crippen LogP) is 3.89. The van der Waals surface area contributed by atoms with E-state index in [9.17, 15) is 9.59 Å². The molecule has 0 fully saturated rings. The first kappa shape index (κ1) is 19.4. The maximum Gasteiger partial charge on any atom is 0.220 e. The molecule has 4 rings (SSSR count). The second-order valence-electron chi connectivity index (χ2n) is 7.08. The number of furan rings is 1. The van der Waals surface area contributed by atoms with Gasteiger partial charge in [-0.2, -0.15) is 0 Å². The smallest absolute Gasteiger partial charge is 0.220 e. The molecule has 152 valence electrons. The van der Waals surface area contributed by atoms with Gasteiger partial charge in [0.1, 0.15) is 22.1 Å². The van der Waals surface area contributed by atoms with E-state index in [-0.39, 0.29) is 34.3 Å². The van der Waals surface area contributed by atoms with Crippen molar-refractivity contribution in [2.45, 2.75) is 18.9 Å². The summed E-state index contributed by atoms with van der Waals surface area (Å²) >= 11 is 6.48. The Labute approximate surface area is 172 Å². The van der Waals surface area contributed by atoms with E-state index in [1.165, 1.54) is 26.6 Å². The van der Waals surface area contributed by atoms with Gasteiger partial charge in [-0.25, -0.2) is 0 Å². The Balaban J connectivity index is 1.93. The number of anilines is 1. The van der Waals surface area contributed by atoms with Gasteiger partial charge in [-0.3, -0.25) is 9.59 Å². The van der Waals surface area contributed by atoms with E-state index >= 15 is 0 Å². The lowest BCUT2D eigenvalue weighted by atomic mass is 9.74. The molecule has 1 aliphatic carbocycles. The Morgan fingerprint density at radius 1 is 1.24 bits per heavy atom. The van der Waals surface area contributed by atoms with Gasteiger partial charge < -0.3 is 23.5 Å². The summed E-state index contributed by atoms with van der Waals surface area (Å²) in [4.78, 5) is 27.8. The van der Waals surface area contributed by atoms with Crippen molar-refractivity contribution in [2.24, 2.45) is 5.92 Å². The molecule has 2 aliphatic rings. The molecule has 0 unspecified atom stereocenters. The topological polar surface area (TPSA) is 78.2 Å². The number of rotatable bonds is 4. The number of halogens is 1. The number of fused-ring (bicyclic) bond motifs is 1. The highest BCUT2D eigenvalue weighted by Gasteiger charge is 2.60. The van der Waals surface area contributed by atoms with Gasteiger partial charge in [0.25, 0.3) is 0 Å². The molecule has 0 bridgehead atoms. The van der Waals surface area contributed by atoms with Crippen LogP contribution in [-0.4, -0.2) is 38.4 Å². The molecule has 0 saturated carbocycles. The number of nitrogens with zero attached hydrogens (tertiary/aromatic N) is 1. The lowest BCUT2D eigenvalue weighted by molar-refractivity contribution is -0.117. The largest absolute Gasteiger partial charge is 0.496 e. The van der Waals surface area contributed by atoms with E-state index in [2.05, 4.69) is 0 Å². The highest BCUT2D eigenvalue weighted by atomic mass is 35.5. The van der Waals surface area contributed by atoms with Crippen molar-refractivity contribution in [3.63, 3.8) is 0 Å². The minimum Gasteiger partial charge on any atom is -0.496 e. The Morgan fingerprint density at radius 3 is 2.59 bits per heavy atom. The zero-order valence-corrected chi connectivity index (χ0v) is 17.2. The zero-order valence-electron chi connectivity index (χ0n) is 16.4. The first-order valence-electron chi connectivity index (χ1n) is 9.05. The summed E-state index contributed by atoms with van der Waals surface area (Å²) in [5.74, 6) is 0.425. The number of ketones is 2. The Hall–Kier alpha value is -2.93. The summed E-state index contributed by atoms with van der Waals surface area (Å²) in [5, 5.41) is 0.178. The van der Waals surface area contributed by atoms with Crippen molar-refractivity contribution in [2.75, 3.05) is 26.2 Å². The number of carbonyl (C=O) groups is 2. The number of carbonyl (C=O) groups excluding carboxylic acids is 2. The van der Waals surface area contributed by atoms with Crippen LogP contribution in [0.3, 0.4) is 0 Å². The number of hydrogen-bond donors (Lipinski definition) is 0. The molecule has 0 radical (unpaired) electrons. The molecule has 29 heavy (non-hydrogen) atoms. The molecule has 0 saturated heterocycles. The fraction of sp³-hybridized carbons (Fsp3) is 0.333. The molecule has 1 aromatic heterocycles. The fourth-order valence-electron chi connectivity index (χ4n) is 4.04. The van der Waals surface area contributed by atoms with Gasteiger partial charge in [0.2, 0.25) is 11.4 Å². The van der Waals surface area contributed by atoms with Crippen molar-refractivity contribution >= 4 is 29.1 Å². The summed E-state index contributed by atoms with van der Waals surface area (Å²) in [7, 11) is 4.65. The monoisotopic (exact) mass is 417 g/mol. The summed E-state index contributed by atoms with van der Waals surface area (Å²) in [6.07, 6.45) is 3.11. The number of methoxy groups -OCH3 is 2. The van der Waals surface area contributed by atoms with Gasteiger partial charge in [0, 0.05) is 37.6 Å². The lowest BCUT2D eigenvalue weighted by Crippen LogP contribution is -2.55. The molecule has 2 heterocycles. The highest BCUT2D eigenvalue weighted by molar-refractivity contribution is 6.35. The van der Waals surface area contributed by atoms with Crippen LogP contribution in [0.2, 0.25) is 5.02 Å². The van der Waals surface area contributed by atoms with Crippen LogP contribution in [0.25, 0.3) is 0 Å². The third kappa shape index (κ3) is 2.64. The summed E-state index contributed by atoms with van der Waals surface area (Å²) in [6.45, 7) is 1.81. The lowest BCUT2D eigenvalue weighted by Gasteiger charge is -2.40. The number of allylic oxidation sites excluding steroid dienone is 1. The van der Waals surface area contributed by atoms with Crippen molar-refractivity contribution in [1.82, 2.24) is 0 Å². The second kappa shape index (κ2) is 6.84. The number of hydrogen-bond acceptors (Lipinski definition) is 7. The van der Waals surface area contributed by atoms with Crippen molar-refractivity contribution in [3.05, 3.63) is 46.8 Å². The maximum atomic E-state index is 13.8. The number of Topliss-reactive ketones (excluding diaryl/α,β-unsaturated/α-hetero) is 1. The molecule has 0 amide bonds. The molecular formula is C21H20ClNO6. The van der Waals surface area contributed by atoms with Crippen LogP contribution in [0.1, 0.15) is 23.7 Å². The normalized spacial score (nSPS) is 22.9. The highest BCUT2D eigenvalue weighted by Crippen LogP contribution is 2.55. The standard InChI is InChI=1S/C21H20ClNO6/c1-11-8-12(24)9-15(23(2)16-6-5-7-28-16)21(11)20(25)17-13(26-3)10-14(27-4)18(22)19(17)29-21/h5-7,9-11H,8H2,1-4H3/t11-,21+/m1/s1. The molecule has 2 aromatic rings. The van der Waals surface area contributed by atoms with Gasteiger partial charge in [0.15, 0.2) is 17.4 Å². The second-order valence-corrected chi connectivity index (χ2v) is 7.46. The predicted molar refractivity (Wildman–Crippen MR) is 106 cm³/mol. The molecular weight excluding hydrogens is 398 g/mol. The van der Waals surface area contributed by atoms with Crippen molar-refractivity contribution in [1.29, 1.82) is 0 Å². The van der Waals surface area contributed by atoms with Crippen molar-refractivity contribution < 1.29 is 28.2 Å². The third-order valence-corrected chi connectivity index (χ3v) is 5.85. The fourth-order valence-corrected chi connectivity index (χ4v) is 4.30. The van der Waals surface area contributed by atoms with E-state index in [4.69, 9.17) is 30.2 Å². The first-order valence-corrected chi connectivity index (χ1v) is 9.43. The van der Waals surface area contributed by atoms with E-state index in [0.29, 0.717) is 23.1 Å². The molecule has 8 heteroatoms. The van der Waals surface area contributed by atoms with Crippen LogP contribution < -0.4 is 19.1 Å². The third-order valence-electron chi connectivity index (χ3n) is 5.50. The Kier molecular flexibility index (Phi) is 4.58. The first-order chi connectivity index (χ1) is 13.8. The van der Waals surface area contributed by atoms with Gasteiger partial charge in [0.05, 0.1) is 26.2 Å². The average molecular weight is 418 g/mol. The van der Waals surface area contributed by atoms with Gasteiger partial charge >= 0.3 is 0 Å². The van der Waals surface area contributed by atoms with Crippen LogP contribution in [-0.2, 0) is 4.79 Å². The number of benzene rings is 1. The average Bonchev–Trinajstić information content (AvgIpc) is 3.33. The SMILES string of the molecule is COc1cc(OC)c2c(c1Cl)O[C@]1(C2=O)C(N(C)c2ccco2)=CC(=O)C[C@H]1C.